The van der Waals surface area contributed by atoms with Crippen molar-refractivity contribution in [3.05, 3.63) is 30.1 Å². The Morgan fingerprint density at radius 2 is 2.12 bits per heavy atom. The molecule has 0 bridgehead atoms. The van der Waals surface area contributed by atoms with Gasteiger partial charge in [0.2, 0.25) is 0 Å². The molecule has 0 fully saturated rings. The maximum Gasteiger partial charge on any atom is 0.306 e. The summed E-state index contributed by atoms with van der Waals surface area (Å²) in [4.78, 5) is 14.2. The first-order chi connectivity index (χ1) is 7.59. The number of hydrogen-bond acceptors (Lipinski definition) is 4. The molecule has 0 saturated carbocycles. The van der Waals surface area contributed by atoms with Crippen molar-refractivity contribution in [2.24, 2.45) is 0 Å². The van der Waals surface area contributed by atoms with Crippen LogP contribution in [0.15, 0.2) is 24.5 Å². The molecule has 0 amide bonds. The topological polar surface area (TPSA) is 82.5 Å². The van der Waals surface area contributed by atoms with E-state index < -0.39 is 12.1 Å². The zero-order valence-electron chi connectivity index (χ0n) is 9.13. The highest BCUT2D eigenvalue weighted by atomic mass is 16.4. The van der Waals surface area contributed by atoms with Gasteiger partial charge in [-0.25, -0.2) is 0 Å². The number of aromatic nitrogens is 1. The van der Waals surface area contributed by atoms with E-state index in [4.69, 9.17) is 5.11 Å². The number of nitrogens with one attached hydrogen (secondary N) is 1. The van der Waals surface area contributed by atoms with Gasteiger partial charge in [0.25, 0.3) is 0 Å². The van der Waals surface area contributed by atoms with Crippen LogP contribution in [0.4, 0.5) is 0 Å². The summed E-state index contributed by atoms with van der Waals surface area (Å²) in [5.74, 6) is -0.995. The molecule has 0 aliphatic carbocycles. The van der Waals surface area contributed by atoms with E-state index in [1.165, 1.54) is 0 Å². The lowest BCUT2D eigenvalue weighted by molar-refractivity contribution is -0.139. The summed E-state index contributed by atoms with van der Waals surface area (Å²) in [5, 5.41) is 20.9. The Balaban J connectivity index is 2.35. The molecule has 0 aliphatic heterocycles. The lowest BCUT2D eigenvalue weighted by Gasteiger charge is -2.16. The minimum absolute atomic E-state index is 0.0615. The largest absolute Gasteiger partial charge is 0.481 e. The van der Waals surface area contributed by atoms with Crippen molar-refractivity contribution < 1.29 is 15.0 Å². The predicted octanol–water partition coefficient (Wildman–Crippen LogP) is 0.568. The molecule has 5 heteroatoms. The molecule has 16 heavy (non-hydrogen) atoms. The fourth-order valence-corrected chi connectivity index (χ4v) is 1.36. The molecule has 5 nitrogen and oxygen atoms in total. The van der Waals surface area contributed by atoms with Gasteiger partial charge in [0, 0.05) is 25.0 Å². The highest BCUT2D eigenvalue weighted by molar-refractivity contribution is 5.67. The SMILES string of the molecule is C[C@@H](NCC(O)CC(=O)O)c1ccncc1. The minimum Gasteiger partial charge on any atom is -0.481 e. The van der Waals surface area contributed by atoms with Gasteiger partial charge in [-0.3, -0.25) is 9.78 Å². The molecule has 3 N–H and O–H groups in total. The number of carbonyl (C=O) groups is 1. The molecule has 2 atom stereocenters. The van der Waals surface area contributed by atoms with Gasteiger partial charge < -0.3 is 15.5 Å². The summed E-state index contributed by atoms with van der Waals surface area (Å²) in [6.07, 6.45) is 2.29. The van der Waals surface area contributed by atoms with Gasteiger partial charge in [-0.1, -0.05) is 0 Å². The molecule has 1 aromatic rings. The van der Waals surface area contributed by atoms with Gasteiger partial charge in [-0.2, -0.15) is 0 Å². The number of aliphatic hydroxyl groups is 1. The number of hydrogen-bond donors (Lipinski definition) is 3. The Morgan fingerprint density at radius 1 is 1.50 bits per heavy atom. The summed E-state index contributed by atoms with van der Waals surface area (Å²) in [7, 11) is 0. The Morgan fingerprint density at radius 3 is 2.69 bits per heavy atom. The number of aliphatic hydroxyl groups excluding tert-OH is 1. The first-order valence-corrected chi connectivity index (χ1v) is 5.12. The van der Waals surface area contributed by atoms with Crippen molar-refractivity contribution >= 4 is 5.97 Å². The number of rotatable bonds is 6. The quantitative estimate of drug-likeness (QED) is 0.658. The van der Waals surface area contributed by atoms with Crippen LogP contribution in [0.2, 0.25) is 0 Å². The third-order valence-electron chi connectivity index (χ3n) is 2.28. The second-order valence-electron chi connectivity index (χ2n) is 3.66. The van der Waals surface area contributed by atoms with Crippen LogP contribution in [-0.4, -0.2) is 33.8 Å². The summed E-state index contributed by atoms with van der Waals surface area (Å²) in [5.41, 5.74) is 1.05. The zero-order chi connectivity index (χ0) is 12.0. The third-order valence-corrected chi connectivity index (χ3v) is 2.28. The molecule has 0 radical (unpaired) electrons. The lowest BCUT2D eigenvalue weighted by Crippen LogP contribution is -2.30. The van der Waals surface area contributed by atoms with E-state index in [1.807, 2.05) is 19.1 Å². The molecule has 0 aromatic carbocycles. The van der Waals surface area contributed by atoms with Crippen LogP contribution in [0.3, 0.4) is 0 Å². The smallest absolute Gasteiger partial charge is 0.306 e. The van der Waals surface area contributed by atoms with Gasteiger partial charge in [0.05, 0.1) is 12.5 Å². The third kappa shape index (κ3) is 4.37. The second-order valence-corrected chi connectivity index (χ2v) is 3.66. The van der Waals surface area contributed by atoms with E-state index in [0.717, 1.165) is 5.56 Å². The summed E-state index contributed by atoms with van der Waals surface area (Å²) >= 11 is 0. The van der Waals surface area contributed by atoms with E-state index in [0.29, 0.717) is 0 Å². The van der Waals surface area contributed by atoms with E-state index in [-0.39, 0.29) is 19.0 Å². The average Bonchev–Trinajstić information content (AvgIpc) is 2.26. The molecule has 1 unspecified atom stereocenters. The fourth-order valence-electron chi connectivity index (χ4n) is 1.36. The lowest BCUT2D eigenvalue weighted by atomic mass is 10.1. The van der Waals surface area contributed by atoms with Crippen LogP contribution in [0.25, 0.3) is 0 Å². The molecule has 1 aromatic heterocycles. The molecule has 88 valence electrons. The Kier molecular flexibility index (Phi) is 4.88. The maximum atomic E-state index is 10.3. The maximum absolute atomic E-state index is 10.3. The van der Waals surface area contributed by atoms with Crippen molar-refractivity contribution in [3.8, 4) is 0 Å². The standard InChI is InChI=1S/C11H16N2O3/c1-8(9-2-4-12-5-3-9)13-7-10(14)6-11(15)16/h2-5,8,10,13-14H,6-7H2,1H3,(H,15,16)/t8-,10?/m1/s1. The van der Waals surface area contributed by atoms with E-state index in [9.17, 15) is 9.90 Å². The van der Waals surface area contributed by atoms with Gasteiger partial charge in [-0.05, 0) is 24.6 Å². The van der Waals surface area contributed by atoms with Crippen LogP contribution in [0, 0.1) is 0 Å². The molecule has 0 saturated heterocycles. The van der Waals surface area contributed by atoms with Crippen molar-refractivity contribution in [3.63, 3.8) is 0 Å². The van der Waals surface area contributed by atoms with Gasteiger partial charge in [0.15, 0.2) is 0 Å². The summed E-state index contributed by atoms with van der Waals surface area (Å²) in [6.45, 7) is 2.21. The van der Waals surface area contributed by atoms with Gasteiger partial charge in [-0.15, -0.1) is 0 Å². The molecular formula is C11H16N2O3. The van der Waals surface area contributed by atoms with E-state index in [2.05, 4.69) is 10.3 Å². The fraction of sp³-hybridized carbons (Fsp3) is 0.455. The van der Waals surface area contributed by atoms with E-state index in [1.54, 1.807) is 12.4 Å². The Hall–Kier alpha value is -1.46. The molecular weight excluding hydrogens is 208 g/mol. The number of carboxylic acid groups (broad SMARTS) is 1. The van der Waals surface area contributed by atoms with Crippen LogP contribution >= 0.6 is 0 Å². The van der Waals surface area contributed by atoms with Crippen LogP contribution in [0.5, 0.6) is 0 Å². The van der Waals surface area contributed by atoms with Crippen molar-refractivity contribution in [2.75, 3.05) is 6.54 Å². The molecule has 0 spiro atoms. The first kappa shape index (κ1) is 12.6. The van der Waals surface area contributed by atoms with Crippen LogP contribution < -0.4 is 5.32 Å². The highest BCUT2D eigenvalue weighted by Crippen LogP contribution is 2.09. The second kappa shape index (κ2) is 6.19. The summed E-state index contributed by atoms with van der Waals surface area (Å²) in [6, 6.07) is 3.81. The summed E-state index contributed by atoms with van der Waals surface area (Å²) < 4.78 is 0. The number of aliphatic carboxylic acids is 1. The zero-order valence-corrected chi connectivity index (χ0v) is 9.13. The molecule has 1 rings (SSSR count). The van der Waals surface area contributed by atoms with Crippen molar-refractivity contribution in [1.82, 2.24) is 10.3 Å². The highest BCUT2D eigenvalue weighted by Gasteiger charge is 2.11. The molecule has 1 heterocycles. The number of nitrogens with zero attached hydrogens (tertiary/aromatic N) is 1. The van der Waals surface area contributed by atoms with E-state index >= 15 is 0 Å². The number of carboxylic acids is 1. The van der Waals surface area contributed by atoms with Crippen LogP contribution in [-0.2, 0) is 4.79 Å². The van der Waals surface area contributed by atoms with Crippen molar-refractivity contribution in [1.29, 1.82) is 0 Å². The van der Waals surface area contributed by atoms with Gasteiger partial charge in [0.1, 0.15) is 0 Å². The average molecular weight is 224 g/mol. The minimum atomic E-state index is -0.995. The predicted molar refractivity (Wildman–Crippen MR) is 58.9 cm³/mol. The Bertz CT molecular complexity index is 329. The van der Waals surface area contributed by atoms with Crippen molar-refractivity contribution in [2.45, 2.75) is 25.5 Å². The first-order valence-electron chi connectivity index (χ1n) is 5.12. The van der Waals surface area contributed by atoms with Crippen LogP contribution in [0.1, 0.15) is 24.9 Å². The molecule has 0 aliphatic rings. The normalized spacial score (nSPS) is 14.4. The number of pyridine rings is 1. The van der Waals surface area contributed by atoms with Gasteiger partial charge >= 0.3 is 5.97 Å². The Labute approximate surface area is 94.1 Å². The monoisotopic (exact) mass is 224 g/mol.